The molecule has 118 valence electrons. The Labute approximate surface area is 129 Å². The van der Waals surface area contributed by atoms with E-state index >= 15 is 0 Å². The molecular formula is C16H20N2O4. The zero-order valence-corrected chi connectivity index (χ0v) is 12.9. The minimum Gasteiger partial charge on any atom is -0.480 e. The molecule has 0 aliphatic heterocycles. The standard InChI is InChI=1S/C16H20N2O4/c1-9-13(5-4-6-14(9)17-11(3)19)15(20)18(12-7-8-12)10(2)16(21)22/h4-6,10,12H,7-8H2,1-3H3,(H,17,19)(H,21,22). The number of rotatable bonds is 5. The van der Waals surface area contributed by atoms with Crippen molar-refractivity contribution in [1.29, 1.82) is 0 Å². The molecule has 1 saturated carbocycles. The Balaban J connectivity index is 2.35. The maximum absolute atomic E-state index is 12.8. The minimum absolute atomic E-state index is 0.0116. The molecule has 0 spiro atoms. The fraction of sp³-hybridized carbons (Fsp3) is 0.438. The molecule has 22 heavy (non-hydrogen) atoms. The number of carboxylic acids is 1. The number of nitrogens with zero attached hydrogens (tertiary/aromatic N) is 1. The Kier molecular flexibility index (Phi) is 4.49. The molecule has 0 radical (unpaired) electrons. The van der Waals surface area contributed by atoms with Crippen molar-refractivity contribution in [3.8, 4) is 0 Å². The van der Waals surface area contributed by atoms with Gasteiger partial charge in [-0.15, -0.1) is 0 Å². The van der Waals surface area contributed by atoms with Crippen molar-refractivity contribution in [2.75, 3.05) is 5.32 Å². The summed E-state index contributed by atoms with van der Waals surface area (Å²) in [5.41, 5.74) is 1.63. The molecule has 0 heterocycles. The van der Waals surface area contributed by atoms with Crippen molar-refractivity contribution in [2.24, 2.45) is 0 Å². The summed E-state index contributed by atoms with van der Waals surface area (Å²) in [5, 5.41) is 11.9. The molecular weight excluding hydrogens is 284 g/mol. The van der Waals surface area contributed by atoms with E-state index in [9.17, 15) is 19.5 Å². The van der Waals surface area contributed by atoms with Crippen molar-refractivity contribution in [3.05, 3.63) is 29.3 Å². The SMILES string of the molecule is CC(=O)Nc1cccc(C(=O)N(C2CC2)C(C)C(=O)O)c1C. The first-order valence-electron chi connectivity index (χ1n) is 7.25. The lowest BCUT2D eigenvalue weighted by molar-refractivity contribution is -0.141. The van der Waals surface area contributed by atoms with Gasteiger partial charge in [0.25, 0.3) is 5.91 Å². The van der Waals surface area contributed by atoms with Crippen LogP contribution in [0.15, 0.2) is 18.2 Å². The zero-order chi connectivity index (χ0) is 16.4. The molecule has 6 nitrogen and oxygen atoms in total. The van der Waals surface area contributed by atoms with Crippen molar-refractivity contribution in [1.82, 2.24) is 4.90 Å². The minimum atomic E-state index is -1.02. The van der Waals surface area contributed by atoms with Gasteiger partial charge < -0.3 is 15.3 Å². The van der Waals surface area contributed by atoms with Gasteiger partial charge in [0, 0.05) is 24.2 Å². The van der Waals surface area contributed by atoms with E-state index < -0.39 is 12.0 Å². The molecule has 1 atom stereocenters. The van der Waals surface area contributed by atoms with Crippen molar-refractivity contribution >= 4 is 23.5 Å². The van der Waals surface area contributed by atoms with Crippen LogP contribution in [0, 0.1) is 6.92 Å². The molecule has 1 aliphatic rings. The summed E-state index contributed by atoms with van der Waals surface area (Å²) in [6.07, 6.45) is 1.65. The average Bonchev–Trinajstić information content (AvgIpc) is 3.25. The topological polar surface area (TPSA) is 86.7 Å². The summed E-state index contributed by atoms with van der Waals surface area (Å²) in [5.74, 6) is -1.54. The summed E-state index contributed by atoms with van der Waals surface area (Å²) in [7, 11) is 0. The Morgan fingerprint density at radius 1 is 1.32 bits per heavy atom. The van der Waals surface area contributed by atoms with Crippen LogP contribution in [-0.4, -0.2) is 39.9 Å². The lowest BCUT2D eigenvalue weighted by Gasteiger charge is -2.27. The smallest absolute Gasteiger partial charge is 0.326 e. The highest BCUT2D eigenvalue weighted by atomic mass is 16.4. The van der Waals surface area contributed by atoms with Gasteiger partial charge in [-0.1, -0.05) is 6.07 Å². The maximum Gasteiger partial charge on any atom is 0.326 e. The number of hydrogen-bond donors (Lipinski definition) is 2. The molecule has 2 N–H and O–H groups in total. The van der Waals surface area contributed by atoms with Crippen LogP contribution in [0.25, 0.3) is 0 Å². The molecule has 1 fully saturated rings. The molecule has 1 aromatic carbocycles. The predicted octanol–water partition coefficient (Wildman–Crippen LogP) is 2.03. The number of amides is 2. The summed E-state index contributed by atoms with van der Waals surface area (Å²) in [4.78, 5) is 36.7. The highest BCUT2D eigenvalue weighted by molar-refractivity contribution is 6.00. The highest BCUT2D eigenvalue weighted by Gasteiger charge is 2.39. The van der Waals surface area contributed by atoms with Crippen LogP contribution >= 0.6 is 0 Å². The van der Waals surface area contributed by atoms with Crippen molar-refractivity contribution in [3.63, 3.8) is 0 Å². The molecule has 2 rings (SSSR count). The maximum atomic E-state index is 12.8. The quantitative estimate of drug-likeness (QED) is 0.871. The number of carbonyl (C=O) groups excluding carboxylic acids is 2. The zero-order valence-electron chi connectivity index (χ0n) is 12.9. The summed E-state index contributed by atoms with van der Waals surface area (Å²) < 4.78 is 0. The summed E-state index contributed by atoms with van der Waals surface area (Å²) >= 11 is 0. The van der Waals surface area contributed by atoms with Gasteiger partial charge in [-0.3, -0.25) is 9.59 Å². The van der Waals surface area contributed by atoms with Gasteiger partial charge >= 0.3 is 5.97 Å². The fourth-order valence-electron chi connectivity index (χ4n) is 2.46. The second-order valence-corrected chi connectivity index (χ2v) is 5.62. The number of carbonyl (C=O) groups is 3. The van der Waals surface area contributed by atoms with Crippen LogP contribution < -0.4 is 5.32 Å². The molecule has 0 bridgehead atoms. The lowest BCUT2D eigenvalue weighted by Crippen LogP contribution is -2.45. The van der Waals surface area contributed by atoms with Crippen LogP contribution in [0.2, 0.25) is 0 Å². The van der Waals surface area contributed by atoms with Gasteiger partial charge in [0.2, 0.25) is 5.91 Å². The van der Waals surface area contributed by atoms with Crippen molar-refractivity contribution in [2.45, 2.75) is 45.7 Å². The van der Waals surface area contributed by atoms with Crippen LogP contribution in [0.4, 0.5) is 5.69 Å². The van der Waals surface area contributed by atoms with E-state index in [0.717, 1.165) is 12.8 Å². The Morgan fingerprint density at radius 3 is 2.45 bits per heavy atom. The van der Waals surface area contributed by atoms with Gasteiger partial charge in [-0.05, 0) is 44.4 Å². The van der Waals surface area contributed by atoms with Gasteiger partial charge in [-0.25, -0.2) is 4.79 Å². The van der Waals surface area contributed by atoms with Crippen LogP contribution in [0.3, 0.4) is 0 Å². The Hall–Kier alpha value is -2.37. The van der Waals surface area contributed by atoms with Gasteiger partial charge in [0.15, 0.2) is 0 Å². The molecule has 0 aromatic heterocycles. The molecule has 6 heteroatoms. The summed E-state index contributed by atoms with van der Waals surface area (Å²) in [6, 6.07) is 4.18. The first kappa shape index (κ1) is 16.0. The Morgan fingerprint density at radius 2 is 1.95 bits per heavy atom. The van der Waals surface area contributed by atoms with Gasteiger partial charge in [-0.2, -0.15) is 0 Å². The molecule has 2 amide bonds. The molecule has 1 aliphatic carbocycles. The van der Waals surface area contributed by atoms with Crippen LogP contribution in [0.5, 0.6) is 0 Å². The van der Waals surface area contributed by atoms with E-state index in [1.54, 1.807) is 25.1 Å². The fourth-order valence-corrected chi connectivity index (χ4v) is 2.46. The van der Waals surface area contributed by atoms with E-state index in [0.29, 0.717) is 16.8 Å². The third-order valence-electron chi connectivity index (χ3n) is 3.82. The second kappa shape index (κ2) is 6.17. The van der Waals surface area contributed by atoms with E-state index in [1.807, 2.05) is 0 Å². The molecule has 0 saturated heterocycles. The molecule has 1 aromatic rings. The van der Waals surface area contributed by atoms with Crippen LogP contribution in [-0.2, 0) is 9.59 Å². The highest BCUT2D eigenvalue weighted by Crippen LogP contribution is 2.31. The van der Waals surface area contributed by atoms with Crippen molar-refractivity contribution < 1.29 is 19.5 Å². The lowest BCUT2D eigenvalue weighted by atomic mass is 10.0. The normalized spacial score (nSPS) is 15.0. The largest absolute Gasteiger partial charge is 0.480 e. The van der Waals surface area contributed by atoms with E-state index in [4.69, 9.17) is 0 Å². The van der Waals surface area contributed by atoms with E-state index in [2.05, 4.69) is 5.32 Å². The third-order valence-corrected chi connectivity index (χ3v) is 3.82. The number of carboxylic acid groups (broad SMARTS) is 1. The van der Waals surface area contributed by atoms with Crippen LogP contribution in [0.1, 0.15) is 42.6 Å². The predicted molar refractivity (Wildman–Crippen MR) is 81.8 cm³/mol. The first-order valence-corrected chi connectivity index (χ1v) is 7.25. The number of benzene rings is 1. The molecule has 1 unspecified atom stereocenters. The number of aliphatic carboxylic acids is 1. The van der Waals surface area contributed by atoms with Gasteiger partial charge in [0.1, 0.15) is 6.04 Å². The summed E-state index contributed by atoms with van der Waals surface area (Å²) in [6.45, 7) is 4.66. The van der Waals surface area contributed by atoms with E-state index in [-0.39, 0.29) is 17.9 Å². The number of anilines is 1. The van der Waals surface area contributed by atoms with Gasteiger partial charge in [0.05, 0.1) is 0 Å². The second-order valence-electron chi connectivity index (χ2n) is 5.62. The third kappa shape index (κ3) is 3.27. The Bertz CT molecular complexity index is 623. The monoisotopic (exact) mass is 304 g/mol. The number of hydrogen-bond acceptors (Lipinski definition) is 3. The number of nitrogens with one attached hydrogen (secondary N) is 1. The first-order chi connectivity index (χ1) is 10.3. The average molecular weight is 304 g/mol. The van der Waals surface area contributed by atoms with E-state index in [1.165, 1.54) is 18.7 Å².